The summed E-state index contributed by atoms with van der Waals surface area (Å²) in [6, 6.07) is 13.0. The minimum Gasteiger partial charge on any atom is -0.475 e. The first kappa shape index (κ1) is 18.1. The Labute approximate surface area is 153 Å². The van der Waals surface area contributed by atoms with Crippen LogP contribution >= 0.6 is 0 Å². The van der Waals surface area contributed by atoms with Crippen molar-refractivity contribution in [1.29, 1.82) is 0 Å². The number of aromatic nitrogens is 1. The molecule has 2 aromatic carbocycles. The third kappa shape index (κ3) is 3.95. The molecule has 8 nitrogen and oxygen atoms in total. The lowest BCUT2D eigenvalue weighted by molar-refractivity contribution is -0.385. The molecule has 0 bridgehead atoms. The second-order valence-electron chi connectivity index (χ2n) is 5.77. The number of esters is 1. The number of fused-ring (bicyclic) bond motifs is 1. The number of hydrogen-bond acceptors (Lipinski definition) is 6. The van der Waals surface area contributed by atoms with E-state index >= 15 is 0 Å². The Balaban J connectivity index is 1.60. The summed E-state index contributed by atoms with van der Waals surface area (Å²) in [6.07, 6.45) is 0. The SMILES string of the molecule is Cc1[nH]c2ccccc2c1C(=O)COC(=O)COc1ccccc1[N+](=O)[O-]. The van der Waals surface area contributed by atoms with Crippen LogP contribution in [0.4, 0.5) is 5.69 Å². The van der Waals surface area contributed by atoms with Crippen LogP contribution in [0.25, 0.3) is 10.9 Å². The second kappa shape index (κ2) is 7.69. The molecule has 0 aliphatic rings. The number of H-pyrrole nitrogens is 1. The maximum absolute atomic E-state index is 12.4. The van der Waals surface area contributed by atoms with E-state index in [2.05, 4.69) is 4.98 Å². The zero-order valence-corrected chi connectivity index (χ0v) is 14.4. The summed E-state index contributed by atoms with van der Waals surface area (Å²) < 4.78 is 10.1. The van der Waals surface area contributed by atoms with Gasteiger partial charge in [-0.05, 0) is 19.1 Å². The predicted molar refractivity (Wildman–Crippen MR) is 96.9 cm³/mol. The van der Waals surface area contributed by atoms with E-state index in [0.717, 1.165) is 10.9 Å². The van der Waals surface area contributed by atoms with Crippen LogP contribution in [0.3, 0.4) is 0 Å². The highest BCUT2D eigenvalue weighted by Crippen LogP contribution is 2.26. The molecule has 0 saturated heterocycles. The van der Waals surface area contributed by atoms with Crippen molar-refractivity contribution in [1.82, 2.24) is 4.98 Å². The number of aromatic amines is 1. The number of benzene rings is 2. The van der Waals surface area contributed by atoms with Crippen molar-refractivity contribution in [2.24, 2.45) is 0 Å². The maximum Gasteiger partial charge on any atom is 0.344 e. The molecule has 1 aromatic heterocycles. The highest BCUT2D eigenvalue weighted by molar-refractivity contribution is 6.10. The molecule has 8 heteroatoms. The number of carbonyl (C=O) groups is 2. The van der Waals surface area contributed by atoms with Gasteiger partial charge in [-0.3, -0.25) is 14.9 Å². The molecule has 0 aliphatic heterocycles. The zero-order valence-electron chi connectivity index (χ0n) is 14.4. The van der Waals surface area contributed by atoms with E-state index in [4.69, 9.17) is 9.47 Å². The molecule has 0 fully saturated rings. The zero-order chi connectivity index (χ0) is 19.4. The van der Waals surface area contributed by atoms with Gasteiger partial charge in [-0.15, -0.1) is 0 Å². The van der Waals surface area contributed by atoms with Crippen molar-refractivity contribution in [3.8, 4) is 5.75 Å². The Hall–Kier alpha value is -3.68. The van der Waals surface area contributed by atoms with Gasteiger partial charge in [-0.1, -0.05) is 30.3 Å². The lowest BCUT2D eigenvalue weighted by Gasteiger charge is -2.07. The van der Waals surface area contributed by atoms with E-state index < -0.39 is 24.1 Å². The third-order valence-electron chi connectivity index (χ3n) is 3.94. The Morgan fingerprint density at radius 1 is 1.07 bits per heavy atom. The van der Waals surface area contributed by atoms with Crippen LogP contribution in [0, 0.1) is 17.0 Å². The monoisotopic (exact) mass is 368 g/mol. The Bertz CT molecular complexity index is 1020. The molecule has 0 aliphatic carbocycles. The number of carbonyl (C=O) groups excluding carboxylic acids is 2. The van der Waals surface area contributed by atoms with E-state index in [1.165, 1.54) is 18.2 Å². The summed E-state index contributed by atoms with van der Waals surface area (Å²) in [5, 5.41) is 11.7. The summed E-state index contributed by atoms with van der Waals surface area (Å²) in [7, 11) is 0. The average Bonchev–Trinajstić information content (AvgIpc) is 3.00. The molecule has 0 atom stereocenters. The van der Waals surface area contributed by atoms with Crippen molar-refractivity contribution in [3.05, 3.63) is 69.9 Å². The maximum atomic E-state index is 12.4. The molecule has 0 saturated carbocycles. The van der Waals surface area contributed by atoms with Crippen LogP contribution in [0.15, 0.2) is 48.5 Å². The fourth-order valence-corrected chi connectivity index (χ4v) is 2.76. The van der Waals surface area contributed by atoms with Crippen molar-refractivity contribution in [2.75, 3.05) is 13.2 Å². The number of nitrogens with one attached hydrogen (secondary N) is 1. The van der Waals surface area contributed by atoms with Gasteiger partial charge in [0.2, 0.25) is 5.78 Å². The molecule has 0 unspecified atom stereocenters. The summed E-state index contributed by atoms with van der Waals surface area (Å²) in [5.41, 5.74) is 1.73. The largest absolute Gasteiger partial charge is 0.475 e. The van der Waals surface area contributed by atoms with Crippen LogP contribution in [0.2, 0.25) is 0 Å². The standard InChI is InChI=1S/C19H16N2O6/c1-12-19(13-6-2-3-7-14(13)20-12)16(22)10-27-18(23)11-26-17-9-5-4-8-15(17)21(24)25/h2-9,20H,10-11H2,1H3. The second-order valence-corrected chi connectivity index (χ2v) is 5.77. The molecule has 3 aromatic rings. The fraction of sp³-hybridized carbons (Fsp3) is 0.158. The molecule has 0 radical (unpaired) electrons. The summed E-state index contributed by atoms with van der Waals surface area (Å²) in [4.78, 5) is 37.7. The van der Waals surface area contributed by atoms with Crippen molar-refractivity contribution < 1.29 is 24.0 Å². The van der Waals surface area contributed by atoms with Gasteiger partial charge in [0.1, 0.15) is 0 Å². The first-order chi connectivity index (χ1) is 13.0. The van der Waals surface area contributed by atoms with Gasteiger partial charge in [0, 0.05) is 28.2 Å². The number of Topliss-reactive ketones (excluding diaryl/α,β-unsaturated/α-hetero) is 1. The third-order valence-corrected chi connectivity index (χ3v) is 3.94. The molecule has 3 rings (SSSR count). The van der Waals surface area contributed by atoms with Gasteiger partial charge in [0.15, 0.2) is 19.0 Å². The number of rotatable bonds is 7. The Kier molecular flexibility index (Phi) is 5.16. The highest BCUT2D eigenvalue weighted by atomic mass is 16.6. The van der Waals surface area contributed by atoms with Crippen LogP contribution < -0.4 is 4.74 Å². The highest BCUT2D eigenvalue weighted by Gasteiger charge is 2.19. The summed E-state index contributed by atoms with van der Waals surface area (Å²) >= 11 is 0. The van der Waals surface area contributed by atoms with Crippen molar-refractivity contribution in [2.45, 2.75) is 6.92 Å². The van der Waals surface area contributed by atoms with Gasteiger partial charge in [-0.25, -0.2) is 4.79 Å². The van der Waals surface area contributed by atoms with Gasteiger partial charge in [-0.2, -0.15) is 0 Å². The van der Waals surface area contributed by atoms with Gasteiger partial charge in [0.25, 0.3) is 0 Å². The van der Waals surface area contributed by atoms with E-state index in [1.54, 1.807) is 13.0 Å². The normalized spacial score (nSPS) is 10.6. The minimum atomic E-state index is -0.793. The fourth-order valence-electron chi connectivity index (χ4n) is 2.76. The first-order valence-corrected chi connectivity index (χ1v) is 8.09. The van der Waals surface area contributed by atoms with Crippen molar-refractivity contribution in [3.63, 3.8) is 0 Å². The van der Waals surface area contributed by atoms with E-state index in [0.29, 0.717) is 11.3 Å². The van der Waals surface area contributed by atoms with Gasteiger partial charge in [0.05, 0.1) is 4.92 Å². The number of nitrogens with zero attached hydrogens (tertiary/aromatic N) is 1. The molecule has 0 spiro atoms. The number of para-hydroxylation sites is 3. The molecular weight excluding hydrogens is 352 g/mol. The topological polar surface area (TPSA) is 112 Å². The number of hydrogen-bond donors (Lipinski definition) is 1. The molecule has 27 heavy (non-hydrogen) atoms. The Morgan fingerprint density at radius 3 is 2.56 bits per heavy atom. The molecule has 1 N–H and O–H groups in total. The van der Waals surface area contributed by atoms with Crippen molar-refractivity contribution >= 4 is 28.3 Å². The van der Waals surface area contributed by atoms with Crippen LogP contribution in [-0.4, -0.2) is 34.9 Å². The number of nitro benzene ring substituents is 1. The number of aryl methyl sites for hydroxylation is 1. The Morgan fingerprint density at radius 2 is 1.78 bits per heavy atom. The van der Waals surface area contributed by atoms with E-state index in [-0.39, 0.29) is 17.2 Å². The smallest absolute Gasteiger partial charge is 0.344 e. The lowest BCUT2D eigenvalue weighted by Crippen LogP contribution is -2.20. The average molecular weight is 368 g/mol. The number of ketones is 1. The number of nitro groups is 1. The first-order valence-electron chi connectivity index (χ1n) is 8.09. The van der Waals surface area contributed by atoms with E-state index in [9.17, 15) is 19.7 Å². The van der Waals surface area contributed by atoms with Gasteiger partial charge < -0.3 is 14.5 Å². The van der Waals surface area contributed by atoms with Crippen LogP contribution in [0.1, 0.15) is 16.1 Å². The predicted octanol–water partition coefficient (Wildman–Crippen LogP) is 3.19. The van der Waals surface area contributed by atoms with Gasteiger partial charge >= 0.3 is 11.7 Å². The minimum absolute atomic E-state index is 0.0433. The summed E-state index contributed by atoms with van der Waals surface area (Å²) in [6.45, 7) is 0.791. The lowest BCUT2D eigenvalue weighted by atomic mass is 10.1. The van der Waals surface area contributed by atoms with Crippen LogP contribution in [0.5, 0.6) is 5.75 Å². The summed E-state index contributed by atoms with van der Waals surface area (Å²) in [5.74, 6) is -1.18. The molecular formula is C19H16N2O6. The molecule has 1 heterocycles. The quantitative estimate of drug-likeness (QED) is 0.297. The number of ether oxygens (including phenoxy) is 2. The molecule has 0 amide bonds. The molecule has 138 valence electrons. The van der Waals surface area contributed by atoms with E-state index in [1.807, 2.05) is 24.3 Å². The van der Waals surface area contributed by atoms with Crippen LogP contribution in [-0.2, 0) is 9.53 Å².